The lowest BCUT2D eigenvalue weighted by Crippen LogP contribution is -2.10. The fraction of sp³-hybridized carbons (Fsp3) is 0.226. The molecule has 0 aliphatic heterocycles. The van der Waals surface area contributed by atoms with E-state index in [0.717, 1.165) is 24.0 Å². The summed E-state index contributed by atoms with van der Waals surface area (Å²) in [5.41, 5.74) is 4.63. The molecule has 0 aliphatic carbocycles. The van der Waals surface area contributed by atoms with E-state index in [4.69, 9.17) is 0 Å². The van der Waals surface area contributed by atoms with Crippen molar-refractivity contribution >= 4 is 0 Å². The van der Waals surface area contributed by atoms with Crippen molar-refractivity contribution in [3.05, 3.63) is 107 Å². The third-order valence-electron chi connectivity index (χ3n) is 6.23. The van der Waals surface area contributed by atoms with Crippen molar-refractivity contribution in [2.75, 3.05) is 0 Å². The number of benzene rings is 4. The molecule has 0 N–H and O–H groups in total. The molecule has 174 valence electrons. The van der Waals surface area contributed by atoms with Gasteiger partial charge in [0.25, 0.3) is 0 Å². The molecule has 0 aromatic heterocycles. The lowest BCUT2D eigenvalue weighted by molar-refractivity contribution is 0.513. The van der Waals surface area contributed by atoms with E-state index < -0.39 is 17.5 Å². The summed E-state index contributed by atoms with van der Waals surface area (Å²) in [5, 5.41) is 0. The van der Waals surface area contributed by atoms with E-state index in [1.165, 1.54) is 29.8 Å². The molecule has 0 fully saturated rings. The van der Waals surface area contributed by atoms with Gasteiger partial charge in [0.2, 0.25) is 0 Å². The van der Waals surface area contributed by atoms with Gasteiger partial charge >= 0.3 is 0 Å². The van der Waals surface area contributed by atoms with Crippen LogP contribution in [0.4, 0.5) is 13.2 Å². The summed E-state index contributed by atoms with van der Waals surface area (Å²) in [7, 11) is 0. The monoisotopic (exact) mass is 458 g/mol. The zero-order valence-corrected chi connectivity index (χ0v) is 20.1. The minimum atomic E-state index is -1.05. The second-order valence-corrected chi connectivity index (χ2v) is 9.76. The van der Waals surface area contributed by atoms with Crippen molar-refractivity contribution in [2.45, 2.75) is 46.0 Å². The van der Waals surface area contributed by atoms with Gasteiger partial charge in [-0.1, -0.05) is 107 Å². The Balaban J connectivity index is 1.65. The van der Waals surface area contributed by atoms with Crippen LogP contribution in [0.2, 0.25) is 0 Å². The summed E-state index contributed by atoms with van der Waals surface area (Å²) in [6.07, 6.45) is 1.95. The van der Waals surface area contributed by atoms with Gasteiger partial charge in [-0.15, -0.1) is 0 Å². The zero-order chi connectivity index (χ0) is 24.5. The van der Waals surface area contributed by atoms with Crippen molar-refractivity contribution in [2.24, 2.45) is 0 Å². The molecule has 4 rings (SSSR count). The Bertz CT molecular complexity index is 1290. The molecule has 0 bridgehead atoms. The molecule has 0 amide bonds. The lowest BCUT2D eigenvalue weighted by Gasteiger charge is -2.19. The maximum absolute atomic E-state index is 15.1. The van der Waals surface area contributed by atoms with E-state index in [1.54, 1.807) is 18.2 Å². The Morgan fingerprint density at radius 3 is 1.71 bits per heavy atom. The largest absolute Gasteiger partial charge is 0.206 e. The molecule has 0 unspecified atom stereocenters. The number of aryl methyl sites for hydroxylation is 1. The molecule has 0 radical (unpaired) electrons. The van der Waals surface area contributed by atoms with Gasteiger partial charge in [-0.25, -0.2) is 13.2 Å². The van der Waals surface area contributed by atoms with Crippen molar-refractivity contribution in [3.63, 3.8) is 0 Å². The highest BCUT2D eigenvalue weighted by Gasteiger charge is 2.19. The topological polar surface area (TPSA) is 0 Å². The average molecular weight is 459 g/mol. The molecule has 0 saturated carbocycles. The van der Waals surface area contributed by atoms with Crippen LogP contribution in [-0.4, -0.2) is 0 Å². The van der Waals surface area contributed by atoms with Crippen LogP contribution in [0.1, 0.15) is 45.2 Å². The Labute approximate surface area is 200 Å². The SMILES string of the molecule is CCCc1ccc(-c2ccc(-c3ccc(-c4ccc(C(C)(C)C)cc4)cc3F)c(F)c2F)cc1. The average Bonchev–Trinajstić information content (AvgIpc) is 2.81. The Morgan fingerprint density at radius 2 is 1.12 bits per heavy atom. The Morgan fingerprint density at radius 1 is 0.588 bits per heavy atom. The summed E-state index contributed by atoms with van der Waals surface area (Å²) >= 11 is 0. The normalized spacial score (nSPS) is 11.6. The zero-order valence-electron chi connectivity index (χ0n) is 20.1. The molecular formula is C31H29F3. The van der Waals surface area contributed by atoms with Crippen molar-refractivity contribution < 1.29 is 13.2 Å². The van der Waals surface area contributed by atoms with Crippen LogP contribution in [0.15, 0.2) is 78.9 Å². The maximum Gasteiger partial charge on any atom is 0.167 e. The first-order valence-corrected chi connectivity index (χ1v) is 11.7. The molecular weight excluding hydrogens is 429 g/mol. The molecule has 0 aliphatic rings. The first-order chi connectivity index (χ1) is 16.2. The third kappa shape index (κ3) is 4.79. The summed E-state index contributed by atoms with van der Waals surface area (Å²) in [4.78, 5) is 0. The molecule has 34 heavy (non-hydrogen) atoms. The van der Waals surface area contributed by atoms with Crippen LogP contribution < -0.4 is 0 Å². The number of rotatable bonds is 5. The molecule has 3 heteroatoms. The van der Waals surface area contributed by atoms with Crippen LogP contribution in [0.25, 0.3) is 33.4 Å². The van der Waals surface area contributed by atoms with E-state index in [2.05, 4.69) is 27.7 Å². The lowest BCUT2D eigenvalue weighted by atomic mass is 9.86. The second kappa shape index (κ2) is 9.50. The van der Waals surface area contributed by atoms with Crippen LogP contribution >= 0.6 is 0 Å². The molecule has 0 saturated heterocycles. The highest BCUT2D eigenvalue weighted by Crippen LogP contribution is 2.35. The van der Waals surface area contributed by atoms with E-state index in [0.29, 0.717) is 11.1 Å². The number of hydrogen-bond acceptors (Lipinski definition) is 0. The summed E-state index contributed by atoms with van der Waals surface area (Å²) in [6, 6.07) is 23.0. The summed E-state index contributed by atoms with van der Waals surface area (Å²) < 4.78 is 45.1. The Hall–Kier alpha value is -3.33. The molecule has 4 aromatic carbocycles. The van der Waals surface area contributed by atoms with Crippen molar-refractivity contribution in [1.82, 2.24) is 0 Å². The second-order valence-electron chi connectivity index (χ2n) is 9.76. The molecule has 0 nitrogen and oxygen atoms in total. The van der Waals surface area contributed by atoms with E-state index in [-0.39, 0.29) is 22.1 Å². The first-order valence-electron chi connectivity index (χ1n) is 11.7. The van der Waals surface area contributed by atoms with Gasteiger partial charge in [-0.2, -0.15) is 0 Å². The minimum absolute atomic E-state index is 0.0267. The van der Waals surface area contributed by atoms with E-state index in [1.807, 2.05) is 36.4 Å². The molecule has 0 heterocycles. The van der Waals surface area contributed by atoms with E-state index in [9.17, 15) is 4.39 Å². The highest BCUT2D eigenvalue weighted by atomic mass is 19.2. The summed E-state index contributed by atoms with van der Waals surface area (Å²) in [5.74, 6) is -2.61. The van der Waals surface area contributed by atoms with Crippen LogP contribution in [0.3, 0.4) is 0 Å². The van der Waals surface area contributed by atoms with Crippen LogP contribution in [0.5, 0.6) is 0 Å². The number of halogens is 3. The molecule has 0 atom stereocenters. The standard InChI is InChI=1S/C31H29F3/c1-5-6-20-7-9-22(10-8-20)25-17-18-27(30(34)29(25)33)26-16-13-23(19-28(26)32)21-11-14-24(15-12-21)31(2,3)4/h7-19H,5-6H2,1-4H3. The van der Waals surface area contributed by atoms with Crippen molar-refractivity contribution in [1.29, 1.82) is 0 Å². The van der Waals surface area contributed by atoms with Crippen molar-refractivity contribution in [3.8, 4) is 33.4 Å². The first kappa shape index (κ1) is 23.8. The molecule has 0 spiro atoms. The predicted molar refractivity (Wildman–Crippen MR) is 135 cm³/mol. The van der Waals surface area contributed by atoms with Crippen LogP contribution in [0, 0.1) is 17.5 Å². The fourth-order valence-electron chi connectivity index (χ4n) is 4.20. The smallest absolute Gasteiger partial charge is 0.167 e. The van der Waals surface area contributed by atoms with Gasteiger partial charge in [-0.05, 0) is 45.7 Å². The van der Waals surface area contributed by atoms with Gasteiger partial charge in [-0.3, -0.25) is 0 Å². The summed E-state index contributed by atoms with van der Waals surface area (Å²) in [6.45, 7) is 8.50. The van der Waals surface area contributed by atoms with Gasteiger partial charge in [0.05, 0.1) is 0 Å². The van der Waals surface area contributed by atoms with Gasteiger partial charge in [0, 0.05) is 16.7 Å². The maximum atomic E-state index is 15.1. The van der Waals surface area contributed by atoms with Crippen LogP contribution in [-0.2, 0) is 11.8 Å². The Kier molecular flexibility index (Phi) is 6.65. The minimum Gasteiger partial charge on any atom is -0.206 e. The number of hydrogen-bond donors (Lipinski definition) is 0. The molecule has 4 aromatic rings. The van der Waals surface area contributed by atoms with E-state index >= 15 is 8.78 Å². The van der Waals surface area contributed by atoms with Gasteiger partial charge in [0.1, 0.15) is 5.82 Å². The fourth-order valence-corrected chi connectivity index (χ4v) is 4.20. The van der Waals surface area contributed by atoms with Gasteiger partial charge < -0.3 is 0 Å². The predicted octanol–water partition coefficient (Wildman–Crippen LogP) is 9.35. The van der Waals surface area contributed by atoms with Gasteiger partial charge in [0.15, 0.2) is 11.6 Å². The third-order valence-corrected chi connectivity index (χ3v) is 6.23. The quantitative estimate of drug-likeness (QED) is 0.279. The highest BCUT2D eigenvalue weighted by molar-refractivity contribution is 5.75.